The number of aromatic nitrogens is 3. The molecule has 2 aromatic carbocycles. The first-order valence-corrected chi connectivity index (χ1v) is 13.6. The van der Waals surface area contributed by atoms with Crippen LogP contribution in [0.4, 0.5) is 10.3 Å². The number of methoxy groups -OCH3 is 1. The van der Waals surface area contributed by atoms with E-state index in [-0.39, 0.29) is 11.9 Å². The van der Waals surface area contributed by atoms with Gasteiger partial charge in [-0.05, 0) is 61.9 Å². The maximum Gasteiger partial charge on any atom is 0.338 e. The summed E-state index contributed by atoms with van der Waals surface area (Å²) in [5.74, 6) is -0.299. The van der Waals surface area contributed by atoms with Crippen LogP contribution in [0.3, 0.4) is 0 Å². The van der Waals surface area contributed by atoms with E-state index in [4.69, 9.17) is 14.6 Å². The van der Waals surface area contributed by atoms with E-state index in [1.54, 1.807) is 47.1 Å². The van der Waals surface area contributed by atoms with E-state index in [2.05, 4.69) is 10.3 Å². The van der Waals surface area contributed by atoms with Crippen LogP contribution in [0.15, 0.2) is 65.0 Å². The molecular weight excluding hydrogens is 507 g/mol. The molecule has 0 bridgehead atoms. The van der Waals surface area contributed by atoms with Crippen LogP contribution in [0.5, 0.6) is 0 Å². The fourth-order valence-electron chi connectivity index (χ4n) is 4.84. The standard InChI is InChI=1S/C28H29FN4O4S/c1-17-23(26(35)37-21-9-4-3-5-10-21)24(18-12-14-19(15-13-18)25(34)36-2)33-27(30-17)31-28(32-33)38-16-20-8-6-7-11-22(20)29/h6-8,11-15,21,24H,3-5,9-10,16H2,1-2H3,(H,30,31,32). The summed E-state index contributed by atoms with van der Waals surface area (Å²) in [5.41, 5.74) is 2.75. The molecule has 0 amide bonds. The molecule has 10 heteroatoms. The first-order chi connectivity index (χ1) is 18.4. The lowest BCUT2D eigenvalue weighted by Gasteiger charge is -2.30. The largest absolute Gasteiger partial charge is 0.465 e. The van der Waals surface area contributed by atoms with Gasteiger partial charge in [0.2, 0.25) is 11.1 Å². The molecule has 1 saturated carbocycles. The minimum absolute atomic E-state index is 0.108. The molecule has 198 valence electrons. The van der Waals surface area contributed by atoms with Gasteiger partial charge in [-0.1, -0.05) is 48.5 Å². The second-order valence-electron chi connectivity index (χ2n) is 9.39. The summed E-state index contributed by atoms with van der Waals surface area (Å²) in [4.78, 5) is 30.1. The van der Waals surface area contributed by atoms with Crippen molar-refractivity contribution in [2.75, 3.05) is 12.4 Å². The third-order valence-corrected chi connectivity index (χ3v) is 7.73. The molecule has 8 nitrogen and oxygen atoms in total. The van der Waals surface area contributed by atoms with Crippen LogP contribution in [0.25, 0.3) is 0 Å². The number of rotatable bonds is 7. The summed E-state index contributed by atoms with van der Waals surface area (Å²) in [6.07, 6.45) is 4.85. The number of carbonyl (C=O) groups excluding carboxylic acids is 2. The third kappa shape index (κ3) is 5.45. The van der Waals surface area contributed by atoms with E-state index >= 15 is 0 Å². The lowest BCUT2D eigenvalue weighted by molar-refractivity contribution is -0.146. The number of allylic oxidation sites excluding steroid dienone is 1. The van der Waals surface area contributed by atoms with Crippen molar-refractivity contribution < 1.29 is 23.5 Å². The van der Waals surface area contributed by atoms with Gasteiger partial charge in [0, 0.05) is 11.4 Å². The highest BCUT2D eigenvalue weighted by Gasteiger charge is 2.36. The van der Waals surface area contributed by atoms with Gasteiger partial charge < -0.3 is 14.8 Å². The molecule has 2 heterocycles. The van der Waals surface area contributed by atoms with Gasteiger partial charge in [0.1, 0.15) is 18.0 Å². The van der Waals surface area contributed by atoms with Gasteiger partial charge in [-0.3, -0.25) is 0 Å². The van der Waals surface area contributed by atoms with Crippen LogP contribution in [0.2, 0.25) is 0 Å². The zero-order chi connectivity index (χ0) is 26.6. The molecule has 0 spiro atoms. The lowest BCUT2D eigenvalue weighted by Crippen LogP contribution is -2.32. The highest BCUT2D eigenvalue weighted by atomic mass is 32.2. The van der Waals surface area contributed by atoms with Crippen molar-refractivity contribution in [2.45, 2.75) is 62.1 Å². The number of fused-ring (bicyclic) bond motifs is 1. The van der Waals surface area contributed by atoms with Crippen LogP contribution in [-0.4, -0.2) is 39.9 Å². The Morgan fingerprint density at radius 1 is 1.08 bits per heavy atom. The Labute approximate surface area is 224 Å². The Morgan fingerprint density at radius 3 is 2.53 bits per heavy atom. The number of halogens is 1. The Morgan fingerprint density at radius 2 is 1.82 bits per heavy atom. The molecule has 1 atom stereocenters. The number of anilines is 1. The van der Waals surface area contributed by atoms with Crippen molar-refractivity contribution >= 4 is 29.6 Å². The molecule has 2 aliphatic rings. The van der Waals surface area contributed by atoms with Gasteiger partial charge in [-0.2, -0.15) is 4.98 Å². The number of nitrogens with zero attached hydrogens (tertiary/aromatic N) is 3. The lowest BCUT2D eigenvalue weighted by atomic mass is 9.94. The Hall–Kier alpha value is -3.66. The average Bonchev–Trinajstić information content (AvgIpc) is 3.34. The van der Waals surface area contributed by atoms with Gasteiger partial charge in [0.15, 0.2) is 0 Å². The molecule has 3 aromatic rings. The first kappa shape index (κ1) is 26.0. The van der Waals surface area contributed by atoms with Crippen molar-refractivity contribution in [1.29, 1.82) is 0 Å². The van der Waals surface area contributed by atoms with Gasteiger partial charge in [-0.15, -0.1) is 5.10 Å². The molecule has 0 radical (unpaired) electrons. The zero-order valence-electron chi connectivity index (χ0n) is 21.3. The summed E-state index contributed by atoms with van der Waals surface area (Å²) in [6.45, 7) is 1.82. The van der Waals surface area contributed by atoms with Gasteiger partial charge >= 0.3 is 11.9 Å². The van der Waals surface area contributed by atoms with E-state index in [0.29, 0.717) is 39.3 Å². The van der Waals surface area contributed by atoms with Crippen molar-refractivity contribution in [3.63, 3.8) is 0 Å². The molecular formula is C28H29FN4O4S. The monoisotopic (exact) mass is 536 g/mol. The number of thioether (sulfide) groups is 1. The minimum atomic E-state index is -0.621. The predicted octanol–water partition coefficient (Wildman–Crippen LogP) is 5.66. The minimum Gasteiger partial charge on any atom is -0.465 e. The summed E-state index contributed by atoms with van der Waals surface area (Å²) < 4.78 is 26.6. The molecule has 1 aliphatic heterocycles. The number of esters is 2. The number of hydrogen-bond acceptors (Lipinski definition) is 8. The Balaban J connectivity index is 1.47. The molecule has 38 heavy (non-hydrogen) atoms. The van der Waals surface area contributed by atoms with Gasteiger partial charge in [0.25, 0.3) is 0 Å². The number of benzene rings is 2. The number of ether oxygens (including phenoxy) is 2. The predicted molar refractivity (Wildman–Crippen MR) is 141 cm³/mol. The van der Waals surface area contributed by atoms with Crippen molar-refractivity contribution in [1.82, 2.24) is 14.8 Å². The fourth-order valence-corrected chi connectivity index (χ4v) is 5.66. The van der Waals surface area contributed by atoms with Crippen LogP contribution in [-0.2, 0) is 20.0 Å². The molecule has 1 aliphatic carbocycles. The van der Waals surface area contributed by atoms with Crippen molar-refractivity contribution in [3.05, 3.63) is 82.3 Å². The molecule has 5 rings (SSSR count). The number of carbonyl (C=O) groups is 2. The summed E-state index contributed by atoms with van der Waals surface area (Å²) >= 11 is 1.31. The summed E-state index contributed by atoms with van der Waals surface area (Å²) in [5, 5.41) is 8.34. The van der Waals surface area contributed by atoms with E-state index in [1.807, 2.05) is 6.92 Å². The molecule has 1 fully saturated rings. The number of nitrogens with one attached hydrogen (secondary N) is 1. The maximum atomic E-state index is 14.1. The normalized spacial score (nSPS) is 17.5. The zero-order valence-corrected chi connectivity index (χ0v) is 22.1. The fraction of sp³-hybridized carbons (Fsp3) is 0.357. The first-order valence-electron chi connectivity index (χ1n) is 12.6. The summed E-state index contributed by atoms with van der Waals surface area (Å²) in [6, 6.07) is 12.9. The Bertz CT molecular complexity index is 1370. The Kier molecular flexibility index (Phi) is 7.78. The quantitative estimate of drug-likeness (QED) is 0.305. The van der Waals surface area contributed by atoms with Crippen LogP contribution < -0.4 is 5.32 Å². The van der Waals surface area contributed by atoms with Crippen LogP contribution in [0.1, 0.15) is 66.6 Å². The van der Waals surface area contributed by atoms with Crippen LogP contribution in [0, 0.1) is 5.82 Å². The highest BCUT2D eigenvalue weighted by molar-refractivity contribution is 7.98. The molecule has 1 aromatic heterocycles. The van der Waals surface area contributed by atoms with E-state index in [9.17, 15) is 14.0 Å². The maximum absolute atomic E-state index is 14.1. The number of hydrogen-bond donors (Lipinski definition) is 1. The van der Waals surface area contributed by atoms with Gasteiger partial charge in [0.05, 0.1) is 18.2 Å². The van der Waals surface area contributed by atoms with Gasteiger partial charge in [-0.25, -0.2) is 18.7 Å². The molecule has 0 saturated heterocycles. The van der Waals surface area contributed by atoms with Crippen molar-refractivity contribution in [3.8, 4) is 0 Å². The van der Waals surface area contributed by atoms with E-state index in [1.165, 1.54) is 24.9 Å². The average molecular weight is 537 g/mol. The molecule has 1 unspecified atom stereocenters. The van der Waals surface area contributed by atoms with Crippen molar-refractivity contribution in [2.24, 2.45) is 0 Å². The second-order valence-corrected chi connectivity index (χ2v) is 10.3. The highest BCUT2D eigenvalue weighted by Crippen LogP contribution is 2.38. The smallest absolute Gasteiger partial charge is 0.338 e. The SMILES string of the molecule is COC(=O)c1ccc(C2C(C(=O)OC3CCCCC3)=C(C)Nc3nc(SCc4ccccc4F)nn32)cc1. The van der Waals surface area contributed by atoms with E-state index in [0.717, 1.165) is 37.7 Å². The second kappa shape index (κ2) is 11.4. The topological polar surface area (TPSA) is 95.3 Å². The summed E-state index contributed by atoms with van der Waals surface area (Å²) in [7, 11) is 1.33. The van der Waals surface area contributed by atoms with E-state index < -0.39 is 18.0 Å². The molecule has 1 N–H and O–H groups in total. The third-order valence-electron chi connectivity index (χ3n) is 6.84. The van der Waals surface area contributed by atoms with Crippen LogP contribution >= 0.6 is 11.8 Å².